The van der Waals surface area contributed by atoms with Gasteiger partial charge in [-0.15, -0.1) is 0 Å². The summed E-state index contributed by atoms with van der Waals surface area (Å²) in [7, 11) is 0. The van der Waals surface area contributed by atoms with Crippen molar-refractivity contribution in [3.63, 3.8) is 0 Å². The molecule has 2 rings (SSSR count). The summed E-state index contributed by atoms with van der Waals surface area (Å²) >= 11 is 0. The lowest BCUT2D eigenvalue weighted by molar-refractivity contribution is -0.0870. The van der Waals surface area contributed by atoms with E-state index in [2.05, 4.69) is 22.2 Å². The first-order valence-electron chi connectivity index (χ1n) is 5.55. The Hall–Kier alpha value is -1.04. The molecule has 1 aliphatic heterocycles. The minimum absolute atomic E-state index is 0.146. The van der Waals surface area contributed by atoms with Crippen molar-refractivity contribution < 1.29 is 9.47 Å². The van der Waals surface area contributed by atoms with Gasteiger partial charge in [-0.2, -0.15) is 0 Å². The summed E-state index contributed by atoms with van der Waals surface area (Å²) in [6.45, 7) is 4.90. The van der Waals surface area contributed by atoms with Gasteiger partial charge in [0.2, 0.25) is 0 Å². The van der Waals surface area contributed by atoms with Crippen LogP contribution in [0.5, 0.6) is 0 Å². The van der Waals surface area contributed by atoms with Crippen LogP contribution < -0.4 is 5.32 Å². The molecule has 2 unspecified atom stereocenters. The quantitative estimate of drug-likeness (QED) is 0.807. The molecule has 1 N–H and O–H groups in total. The van der Waals surface area contributed by atoms with Crippen LogP contribution in [0.1, 0.15) is 18.7 Å². The van der Waals surface area contributed by atoms with Crippen LogP contribution in [-0.4, -0.2) is 42.4 Å². The second-order valence-electron chi connectivity index (χ2n) is 3.83. The van der Waals surface area contributed by atoms with E-state index in [9.17, 15) is 0 Å². The molecule has 5 nitrogen and oxygen atoms in total. The average Bonchev–Trinajstić information content (AvgIpc) is 2.38. The second kappa shape index (κ2) is 5.89. The molecule has 1 aromatic heterocycles. The summed E-state index contributed by atoms with van der Waals surface area (Å²) in [5.74, 6) is 0. The lowest BCUT2D eigenvalue weighted by Crippen LogP contribution is -2.38. The minimum atomic E-state index is 0.146. The molecular formula is C11H17N3O2. The fourth-order valence-electron chi connectivity index (χ4n) is 1.60. The van der Waals surface area contributed by atoms with Crippen molar-refractivity contribution in [1.82, 2.24) is 15.3 Å². The van der Waals surface area contributed by atoms with E-state index in [1.807, 2.05) is 0 Å². The zero-order valence-corrected chi connectivity index (χ0v) is 9.43. The maximum Gasteiger partial charge on any atom is 0.0933 e. The van der Waals surface area contributed by atoms with E-state index in [-0.39, 0.29) is 12.1 Å². The van der Waals surface area contributed by atoms with Gasteiger partial charge in [-0.3, -0.25) is 9.97 Å². The lowest BCUT2D eigenvalue weighted by atomic mass is 10.2. The van der Waals surface area contributed by atoms with Crippen LogP contribution in [0.25, 0.3) is 0 Å². The SMILES string of the molecule is CC(NCC1COCCO1)c1cnccn1. The molecule has 88 valence electrons. The molecule has 0 aromatic carbocycles. The first-order valence-corrected chi connectivity index (χ1v) is 5.55. The van der Waals surface area contributed by atoms with E-state index >= 15 is 0 Å². The van der Waals surface area contributed by atoms with Crippen LogP contribution in [0.15, 0.2) is 18.6 Å². The highest BCUT2D eigenvalue weighted by atomic mass is 16.6. The normalized spacial score (nSPS) is 22.9. The van der Waals surface area contributed by atoms with Gasteiger partial charge < -0.3 is 14.8 Å². The Labute approximate surface area is 95.2 Å². The van der Waals surface area contributed by atoms with E-state index in [0.29, 0.717) is 19.8 Å². The first-order chi connectivity index (χ1) is 7.86. The smallest absolute Gasteiger partial charge is 0.0933 e. The Morgan fingerprint density at radius 2 is 2.44 bits per heavy atom. The van der Waals surface area contributed by atoms with Crippen molar-refractivity contribution in [3.8, 4) is 0 Å². The van der Waals surface area contributed by atoms with Crippen molar-refractivity contribution in [2.75, 3.05) is 26.4 Å². The third-order valence-electron chi connectivity index (χ3n) is 2.56. The number of ether oxygens (including phenoxy) is 2. The molecule has 0 radical (unpaired) electrons. The molecule has 0 saturated carbocycles. The van der Waals surface area contributed by atoms with Crippen LogP contribution in [0.2, 0.25) is 0 Å². The zero-order chi connectivity index (χ0) is 11.2. The third kappa shape index (κ3) is 3.23. The number of nitrogens with one attached hydrogen (secondary N) is 1. The fourth-order valence-corrected chi connectivity index (χ4v) is 1.60. The van der Waals surface area contributed by atoms with Gasteiger partial charge >= 0.3 is 0 Å². The monoisotopic (exact) mass is 223 g/mol. The highest BCUT2D eigenvalue weighted by molar-refractivity contribution is 5.00. The van der Waals surface area contributed by atoms with Crippen molar-refractivity contribution in [2.24, 2.45) is 0 Å². The molecule has 0 amide bonds. The zero-order valence-electron chi connectivity index (χ0n) is 9.43. The highest BCUT2D eigenvalue weighted by Crippen LogP contribution is 2.07. The van der Waals surface area contributed by atoms with Gasteiger partial charge in [0, 0.05) is 31.2 Å². The van der Waals surface area contributed by atoms with Crippen LogP contribution in [0, 0.1) is 0 Å². The molecule has 2 atom stereocenters. The maximum atomic E-state index is 5.54. The number of hydrogen-bond donors (Lipinski definition) is 1. The van der Waals surface area contributed by atoms with Gasteiger partial charge in [-0.05, 0) is 6.92 Å². The highest BCUT2D eigenvalue weighted by Gasteiger charge is 2.15. The number of aromatic nitrogens is 2. The largest absolute Gasteiger partial charge is 0.376 e. The van der Waals surface area contributed by atoms with Crippen molar-refractivity contribution in [3.05, 3.63) is 24.3 Å². The summed E-state index contributed by atoms with van der Waals surface area (Å²) in [6.07, 6.45) is 5.30. The molecule has 5 heteroatoms. The van der Waals surface area contributed by atoms with E-state index in [4.69, 9.17) is 9.47 Å². The average molecular weight is 223 g/mol. The van der Waals surface area contributed by atoms with Crippen LogP contribution >= 0.6 is 0 Å². The molecule has 1 aliphatic rings. The van der Waals surface area contributed by atoms with Crippen LogP contribution in [0.4, 0.5) is 0 Å². The Balaban J connectivity index is 1.77. The Kier molecular flexibility index (Phi) is 4.21. The predicted octanol–water partition coefficient (Wildman–Crippen LogP) is 0.543. The first kappa shape index (κ1) is 11.4. The summed E-state index contributed by atoms with van der Waals surface area (Å²) < 4.78 is 10.9. The van der Waals surface area contributed by atoms with E-state index < -0.39 is 0 Å². The molecule has 0 bridgehead atoms. The Bertz CT molecular complexity index is 301. The molecular weight excluding hydrogens is 206 g/mol. The molecule has 1 saturated heterocycles. The predicted molar refractivity (Wildman–Crippen MR) is 59.0 cm³/mol. The van der Waals surface area contributed by atoms with Gasteiger partial charge in [0.25, 0.3) is 0 Å². The fraction of sp³-hybridized carbons (Fsp3) is 0.636. The van der Waals surface area contributed by atoms with E-state index in [0.717, 1.165) is 12.2 Å². The van der Waals surface area contributed by atoms with Crippen molar-refractivity contribution >= 4 is 0 Å². The number of rotatable bonds is 4. The van der Waals surface area contributed by atoms with Gasteiger partial charge in [-0.1, -0.05) is 0 Å². The second-order valence-corrected chi connectivity index (χ2v) is 3.83. The third-order valence-corrected chi connectivity index (χ3v) is 2.56. The van der Waals surface area contributed by atoms with Gasteiger partial charge in [0.1, 0.15) is 0 Å². The Morgan fingerprint density at radius 3 is 3.12 bits per heavy atom. The van der Waals surface area contributed by atoms with E-state index in [1.54, 1.807) is 18.6 Å². The molecule has 0 spiro atoms. The van der Waals surface area contributed by atoms with Crippen LogP contribution in [0.3, 0.4) is 0 Å². The minimum Gasteiger partial charge on any atom is -0.376 e. The Morgan fingerprint density at radius 1 is 1.50 bits per heavy atom. The maximum absolute atomic E-state index is 5.54. The number of nitrogens with zero attached hydrogens (tertiary/aromatic N) is 2. The molecule has 0 aliphatic carbocycles. The molecule has 2 heterocycles. The van der Waals surface area contributed by atoms with Crippen molar-refractivity contribution in [2.45, 2.75) is 19.1 Å². The number of hydrogen-bond acceptors (Lipinski definition) is 5. The topological polar surface area (TPSA) is 56.3 Å². The summed E-state index contributed by atoms with van der Waals surface area (Å²) in [6, 6.07) is 0.180. The summed E-state index contributed by atoms with van der Waals surface area (Å²) in [5, 5.41) is 3.36. The molecule has 1 aromatic rings. The summed E-state index contributed by atoms with van der Waals surface area (Å²) in [5.41, 5.74) is 0.944. The van der Waals surface area contributed by atoms with E-state index in [1.165, 1.54) is 0 Å². The van der Waals surface area contributed by atoms with Crippen LogP contribution in [-0.2, 0) is 9.47 Å². The lowest BCUT2D eigenvalue weighted by Gasteiger charge is -2.24. The summed E-state index contributed by atoms with van der Waals surface area (Å²) in [4.78, 5) is 8.29. The molecule has 16 heavy (non-hydrogen) atoms. The van der Waals surface area contributed by atoms with Gasteiger partial charge in [0.05, 0.1) is 31.6 Å². The van der Waals surface area contributed by atoms with Crippen molar-refractivity contribution in [1.29, 1.82) is 0 Å². The van der Waals surface area contributed by atoms with Gasteiger partial charge in [0.15, 0.2) is 0 Å². The standard InChI is InChI=1S/C11H17N3O2/c1-9(11-7-12-2-3-13-11)14-6-10-8-15-4-5-16-10/h2-3,7,9-10,14H,4-6,8H2,1H3. The van der Waals surface area contributed by atoms with Gasteiger partial charge in [-0.25, -0.2) is 0 Å². The molecule has 1 fully saturated rings.